The molecule has 0 rings (SSSR count). The zero-order valence-electron chi connectivity index (χ0n) is 9.46. The van der Waals surface area contributed by atoms with Gasteiger partial charge in [-0.2, -0.15) is 0 Å². The molecule has 0 aromatic heterocycles. The highest BCUT2D eigenvalue weighted by Crippen LogP contribution is 2.09. The summed E-state index contributed by atoms with van der Waals surface area (Å²) in [5.41, 5.74) is 0.799. The molecule has 0 aliphatic carbocycles. The summed E-state index contributed by atoms with van der Waals surface area (Å²) in [6, 6.07) is 0. The van der Waals surface area contributed by atoms with Crippen molar-refractivity contribution in [1.29, 1.82) is 0 Å². The molecule has 0 bridgehead atoms. The molecule has 0 amide bonds. The van der Waals surface area contributed by atoms with E-state index in [1.165, 1.54) is 0 Å². The molecular formula is C10H19NO2Si. The second kappa shape index (κ2) is 5.77. The molecule has 0 aromatic carbocycles. The van der Waals surface area contributed by atoms with Crippen molar-refractivity contribution >= 4 is 14.5 Å². The zero-order valence-corrected chi connectivity index (χ0v) is 10.5. The lowest BCUT2D eigenvalue weighted by Crippen LogP contribution is -2.24. The van der Waals surface area contributed by atoms with Gasteiger partial charge in [0.2, 0.25) is 8.32 Å². The predicted octanol–water partition coefficient (Wildman–Crippen LogP) is 2.58. The summed E-state index contributed by atoms with van der Waals surface area (Å²) in [5.74, 6) is 0.446. The van der Waals surface area contributed by atoms with Gasteiger partial charge in [-0.25, -0.2) is 4.99 Å². The molecule has 14 heavy (non-hydrogen) atoms. The summed E-state index contributed by atoms with van der Waals surface area (Å²) < 4.78 is 10.4. The molecule has 4 heteroatoms. The van der Waals surface area contributed by atoms with E-state index in [9.17, 15) is 0 Å². The lowest BCUT2D eigenvalue weighted by atomic mass is 10.4. The molecule has 3 nitrogen and oxygen atoms in total. The monoisotopic (exact) mass is 213 g/mol. The van der Waals surface area contributed by atoms with Crippen LogP contribution in [-0.4, -0.2) is 28.2 Å². The average Bonchev–Trinajstić information content (AvgIpc) is 1.98. The van der Waals surface area contributed by atoms with E-state index in [-0.39, 0.29) is 0 Å². The molecule has 0 aromatic rings. The minimum absolute atomic E-state index is 0.446. The quantitative estimate of drug-likeness (QED) is 0.386. The normalized spacial score (nSPS) is 11.7. The van der Waals surface area contributed by atoms with Crippen LogP contribution < -0.4 is 0 Å². The highest BCUT2D eigenvalue weighted by molar-refractivity contribution is 6.70. The van der Waals surface area contributed by atoms with Crippen LogP contribution >= 0.6 is 0 Å². The summed E-state index contributed by atoms with van der Waals surface area (Å²) in [6.07, 6.45) is 1.62. The fourth-order valence-corrected chi connectivity index (χ4v) is 1.53. The number of nitrogens with zero attached hydrogens (tertiary/aromatic N) is 1. The molecule has 0 fully saturated rings. The van der Waals surface area contributed by atoms with Crippen molar-refractivity contribution in [2.24, 2.45) is 4.99 Å². The summed E-state index contributed by atoms with van der Waals surface area (Å²) >= 11 is 0. The fraction of sp³-hybridized carbons (Fsp3) is 0.500. The third-order valence-electron chi connectivity index (χ3n) is 1.14. The molecule has 0 N–H and O–H groups in total. The zero-order chi connectivity index (χ0) is 11.2. The molecule has 0 aliphatic rings. The van der Waals surface area contributed by atoms with Gasteiger partial charge in [-0.3, -0.25) is 0 Å². The SMILES string of the molecule is C=C(C=NC(=C)O[Si](C)(C)C)COC. The largest absolute Gasteiger partial charge is 0.532 e. The van der Waals surface area contributed by atoms with Crippen LogP contribution in [0.25, 0.3) is 0 Å². The Bertz CT molecular complexity index is 241. The fourth-order valence-electron chi connectivity index (χ4n) is 0.766. The topological polar surface area (TPSA) is 30.8 Å². The van der Waals surface area contributed by atoms with Crippen LogP contribution in [0.2, 0.25) is 19.6 Å². The molecular weight excluding hydrogens is 194 g/mol. The van der Waals surface area contributed by atoms with Gasteiger partial charge in [-0.1, -0.05) is 6.58 Å². The van der Waals surface area contributed by atoms with E-state index < -0.39 is 8.32 Å². The minimum atomic E-state index is -1.59. The third-order valence-corrected chi connectivity index (χ3v) is 1.99. The van der Waals surface area contributed by atoms with Gasteiger partial charge in [0.15, 0.2) is 5.88 Å². The van der Waals surface area contributed by atoms with E-state index in [0.717, 1.165) is 5.57 Å². The van der Waals surface area contributed by atoms with Crippen molar-refractivity contribution in [1.82, 2.24) is 0 Å². The number of rotatable bonds is 6. The number of ether oxygens (including phenoxy) is 1. The van der Waals surface area contributed by atoms with Gasteiger partial charge in [-0.15, -0.1) is 0 Å². The smallest absolute Gasteiger partial charge is 0.244 e. The molecule has 0 unspecified atom stereocenters. The van der Waals surface area contributed by atoms with Crippen molar-refractivity contribution in [2.45, 2.75) is 19.6 Å². The molecule has 0 heterocycles. The van der Waals surface area contributed by atoms with E-state index in [1.54, 1.807) is 13.3 Å². The first kappa shape index (κ1) is 13.1. The van der Waals surface area contributed by atoms with E-state index in [2.05, 4.69) is 37.8 Å². The lowest BCUT2D eigenvalue weighted by molar-refractivity contribution is 0.230. The number of aliphatic imine (C=N–C) groups is 1. The maximum absolute atomic E-state index is 5.53. The maximum Gasteiger partial charge on any atom is 0.244 e. The van der Waals surface area contributed by atoms with Crippen LogP contribution in [0.5, 0.6) is 0 Å². The van der Waals surface area contributed by atoms with E-state index in [0.29, 0.717) is 12.5 Å². The highest BCUT2D eigenvalue weighted by Gasteiger charge is 2.16. The number of hydrogen-bond donors (Lipinski definition) is 0. The molecule has 0 saturated heterocycles. The summed E-state index contributed by atoms with van der Waals surface area (Å²) in [4.78, 5) is 4.04. The van der Waals surface area contributed by atoms with Crippen molar-refractivity contribution in [3.8, 4) is 0 Å². The molecule has 0 aliphatic heterocycles. The first-order valence-corrected chi connectivity index (χ1v) is 7.84. The van der Waals surface area contributed by atoms with Gasteiger partial charge in [-0.05, 0) is 31.8 Å². The molecule has 0 radical (unpaired) electrons. The second-order valence-electron chi connectivity index (χ2n) is 3.96. The Morgan fingerprint density at radius 2 is 1.93 bits per heavy atom. The predicted molar refractivity (Wildman–Crippen MR) is 63.1 cm³/mol. The van der Waals surface area contributed by atoms with Crippen LogP contribution in [0, 0.1) is 0 Å². The van der Waals surface area contributed by atoms with E-state index in [1.807, 2.05) is 0 Å². The minimum Gasteiger partial charge on any atom is -0.532 e. The van der Waals surface area contributed by atoms with E-state index >= 15 is 0 Å². The van der Waals surface area contributed by atoms with Crippen LogP contribution in [-0.2, 0) is 9.16 Å². The summed E-state index contributed by atoms with van der Waals surface area (Å²) in [7, 11) is 0.0325. The van der Waals surface area contributed by atoms with Gasteiger partial charge in [0.05, 0.1) is 6.61 Å². The Labute approximate surface area is 87.3 Å². The second-order valence-corrected chi connectivity index (χ2v) is 8.39. The van der Waals surface area contributed by atoms with Gasteiger partial charge in [0.25, 0.3) is 0 Å². The number of hydrogen-bond acceptors (Lipinski definition) is 3. The van der Waals surface area contributed by atoms with E-state index in [4.69, 9.17) is 9.16 Å². The number of methoxy groups -OCH3 is 1. The Hall–Kier alpha value is -0.873. The van der Waals surface area contributed by atoms with Gasteiger partial charge >= 0.3 is 0 Å². The third kappa shape index (κ3) is 7.76. The highest BCUT2D eigenvalue weighted by atomic mass is 28.4. The summed E-state index contributed by atoms with van der Waals surface area (Å²) in [6.45, 7) is 14.2. The molecule has 80 valence electrons. The van der Waals surface area contributed by atoms with Crippen LogP contribution in [0.15, 0.2) is 29.6 Å². The molecule has 0 saturated carbocycles. The van der Waals surface area contributed by atoms with Gasteiger partial charge in [0, 0.05) is 13.3 Å². The summed E-state index contributed by atoms with van der Waals surface area (Å²) in [5, 5.41) is 0. The molecule has 0 atom stereocenters. The Morgan fingerprint density at radius 3 is 2.36 bits per heavy atom. The van der Waals surface area contributed by atoms with Crippen LogP contribution in [0.3, 0.4) is 0 Å². The maximum atomic E-state index is 5.53. The standard InChI is InChI=1S/C10H19NO2Si/c1-9(8-12-3)7-11-10(2)13-14(4,5)6/h7H,1-2,8H2,3-6H3. The van der Waals surface area contributed by atoms with Crippen LogP contribution in [0.4, 0.5) is 0 Å². The van der Waals surface area contributed by atoms with Gasteiger partial charge < -0.3 is 9.16 Å². The first-order chi connectivity index (χ1) is 6.35. The first-order valence-electron chi connectivity index (χ1n) is 4.44. The Balaban J connectivity index is 4.00. The van der Waals surface area contributed by atoms with Crippen LogP contribution in [0.1, 0.15) is 0 Å². The van der Waals surface area contributed by atoms with Gasteiger partial charge in [0.1, 0.15) is 0 Å². The van der Waals surface area contributed by atoms with Crippen molar-refractivity contribution < 1.29 is 9.16 Å². The average molecular weight is 213 g/mol. The van der Waals surface area contributed by atoms with Crippen molar-refractivity contribution in [3.63, 3.8) is 0 Å². The lowest BCUT2D eigenvalue weighted by Gasteiger charge is -2.17. The van der Waals surface area contributed by atoms with Crippen molar-refractivity contribution in [2.75, 3.05) is 13.7 Å². The molecule has 0 spiro atoms. The Morgan fingerprint density at radius 1 is 1.36 bits per heavy atom. The Kier molecular flexibility index (Phi) is 5.41. The van der Waals surface area contributed by atoms with Crippen molar-refractivity contribution in [3.05, 3.63) is 24.6 Å².